The quantitative estimate of drug-likeness (QED) is 0.804. The van der Waals surface area contributed by atoms with E-state index >= 15 is 0 Å². The summed E-state index contributed by atoms with van der Waals surface area (Å²) in [7, 11) is 0. The average Bonchev–Trinajstić information content (AvgIpc) is 3.07. The predicted octanol–water partition coefficient (Wildman–Crippen LogP) is 1.47. The van der Waals surface area contributed by atoms with Crippen LogP contribution in [0.2, 0.25) is 0 Å². The SMILES string of the molecule is CSCc1ccc(C(=O)N2CCC3(CC2)[C@@H](O)C[C@H]3OCCN)o1. The van der Waals surface area contributed by atoms with Crippen molar-refractivity contribution >= 4 is 17.7 Å². The van der Waals surface area contributed by atoms with E-state index in [2.05, 4.69) is 0 Å². The zero-order chi connectivity index (χ0) is 17.2. The fourth-order valence-corrected chi connectivity index (χ4v) is 4.26. The number of aliphatic hydroxyl groups is 1. The van der Waals surface area contributed by atoms with Gasteiger partial charge in [-0.05, 0) is 31.2 Å². The number of amides is 1. The minimum absolute atomic E-state index is 0.0603. The number of ether oxygens (including phenoxy) is 1. The van der Waals surface area contributed by atoms with Crippen LogP contribution in [-0.4, -0.2) is 60.6 Å². The van der Waals surface area contributed by atoms with Gasteiger partial charge in [0.25, 0.3) is 5.91 Å². The fourth-order valence-electron chi connectivity index (χ4n) is 3.82. The molecule has 1 amide bonds. The third-order valence-electron chi connectivity index (χ3n) is 5.32. The molecular formula is C17H26N2O4S. The first-order valence-electron chi connectivity index (χ1n) is 8.47. The number of piperidine rings is 1. The standard InChI is InChI=1S/C17H26N2O4S/c1-24-11-12-2-3-13(23-12)16(21)19-7-4-17(5-8-19)14(20)10-15(17)22-9-6-18/h2-3,14-15,20H,4-11,18H2,1H3/t14-,15+/m0/s1. The van der Waals surface area contributed by atoms with E-state index in [1.54, 1.807) is 17.8 Å². The molecule has 2 atom stereocenters. The number of nitrogens with two attached hydrogens (primary N) is 1. The van der Waals surface area contributed by atoms with Crippen molar-refractivity contribution in [2.75, 3.05) is 32.5 Å². The first kappa shape index (κ1) is 17.8. The van der Waals surface area contributed by atoms with Gasteiger partial charge in [0, 0.05) is 31.5 Å². The predicted molar refractivity (Wildman–Crippen MR) is 92.9 cm³/mol. The maximum atomic E-state index is 12.6. The van der Waals surface area contributed by atoms with E-state index in [9.17, 15) is 9.90 Å². The van der Waals surface area contributed by atoms with Crippen molar-refractivity contribution in [3.8, 4) is 0 Å². The summed E-state index contributed by atoms with van der Waals surface area (Å²) in [5, 5.41) is 10.3. The molecule has 2 heterocycles. The largest absolute Gasteiger partial charge is 0.455 e. The highest BCUT2D eigenvalue weighted by atomic mass is 32.2. The molecule has 1 saturated heterocycles. The molecule has 3 N–H and O–H groups in total. The summed E-state index contributed by atoms with van der Waals surface area (Å²) in [4.78, 5) is 14.4. The highest BCUT2D eigenvalue weighted by Gasteiger charge is 2.56. The number of thioether (sulfide) groups is 1. The van der Waals surface area contributed by atoms with E-state index in [4.69, 9.17) is 14.9 Å². The molecule has 134 valence electrons. The van der Waals surface area contributed by atoms with Crippen LogP contribution in [-0.2, 0) is 10.5 Å². The van der Waals surface area contributed by atoms with Gasteiger partial charge in [0.05, 0.1) is 24.6 Å². The smallest absolute Gasteiger partial charge is 0.289 e. The molecule has 0 bridgehead atoms. The Labute approximate surface area is 146 Å². The van der Waals surface area contributed by atoms with Crippen molar-refractivity contribution in [1.29, 1.82) is 0 Å². The summed E-state index contributed by atoms with van der Waals surface area (Å²) in [6.07, 6.45) is 3.91. The summed E-state index contributed by atoms with van der Waals surface area (Å²) >= 11 is 1.66. The fraction of sp³-hybridized carbons (Fsp3) is 0.706. The third kappa shape index (κ3) is 3.22. The normalized spacial score (nSPS) is 25.7. The topological polar surface area (TPSA) is 88.9 Å². The molecule has 1 aliphatic carbocycles. The number of rotatable bonds is 6. The van der Waals surface area contributed by atoms with E-state index in [0.29, 0.717) is 38.4 Å². The second-order valence-electron chi connectivity index (χ2n) is 6.62. The molecule has 0 unspecified atom stereocenters. The zero-order valence-corrected chi connectivity index (χ0v) is 14.9. The van der Waals surface area contributed by atoms with Gasteiger partial charge in [-0.1, -0.05) is 0 Å². The van der Waals surface area contributed by atoms with Crippen LogP contribution in [0.1, 0.15) is 35.6 Å². The van der Waals surface area contributed by atoms with Crippen molar-refractivity contribution in [1.82, 2.24) is 4.90 Å². The number of hydrogen-bond acceptors (Lipinski definition) is 6. The molecule has 2 aliphatic rings. The maximum absolute atomic E-state index is 12.6. The first-order chi connectivity index (χ1) is 11.6. The second-order valence-corrected chi connectivity index (χ2v) is 7.49. The molecule has 0 aromatic carbocycles. The van der Waals surface area contributed by atoms with Gasteiger partial charge in [0.2, 0.25) is 0 Å². The molecule has 1 aromatic heterocycles. The molecule has 0 radical (unpaired) electrons. The summed E-state index contributed by atoms with van der Waals surface area (Å²) in [5.74, 6) is 1.93. The molecule has 1 aromatic rings. The van der Waals surface area contributed by atoms with E-state index < -0.39 is 0 Å². The lowest BCUT2D eigenvalue weighted by atomic mass is 9.58. The monoisotopic (exact) mass is 354 g/mol. The Morgan fingerprint density at radius 3 is 2.88 bits per heavy atom. The molecular weight excluding hydrogens is 328 g/mol. The molecule has 1 spiro atoms. The molecule has 1 saturated carbocycles. The Morgan fingerprint density at radius 2 is 2.25 bits per heavy atom. The number of aliphatic hydroxyl groups excluding tert-OH is 1. The molecule has 7 heteroatoms. The van der Waals surface area contributed by atoms with Gasteiger partial charge in [-0.3, -0.25) is 4.79 Å². The summed E-state index contributed by atoms with van der Waals surface area (Å²) in [6.45, 7) is 2.25. The molecule has 1 aliphatic heterocycles. The van der Waals surface area contributed by atoms with Crippen molar-refractivity contribution in [2.24, 2.45) is 11.1 Å². The summed E-state index contributed by atoms with van der Waals surface area (Å²) in [5.41, 5.74) is 5.30. The second kappa shape index (κ2) is 7.47. The van der Waals surface area contributed by atoms with Crippen LogP contribution >= 0.6 is 11.8 Å². The van der Waals surface area contributed by atoms with E-state index in [1.807, 2.05) is 17.2 Å². The van der Waals surface area contributed by atoms with Gasteiger partial charge in [-0.15, -0.1) is 0 Å². The van der Waals surface area contributed by atoms with Crippen LogP contribution in [0.25, 0.3) is 0 Å². The van der Waals surface area contributed by atoms with Gasteiger partial charge >= 0.3 is 0 Å². The van der Waals surface area contributed by atoms with Crippen molar-refractivity contribution in [2.45, 2.75) is 37.2 Å². The van der Waals surface area contributed by atoms with Crippen LogP contribution in [0, 0.1) is 5.41 Å². The van der Waals surface area contributed by atoms with Crippen LogP contribution < -0.4 is 5.73 Å². The van der Waals surface area contributed by atoms with E-state index in [0.717, 1.165) is 24.4 Å². The van der Waals surface area contributed by atoms with Gasteiger partial charge in [-0.25, -0.2) is 0 Å². The zero-order valence-electron chi connectivity index (χ0n) is 14.1. The first-order valence-corrected chi connectivity index (χ1v) is 9.87. The number of carbonyl (C=O) groups excluding carboxylic acids is 1. The maximum Gasteiger partial charge on any atom is 0.289 e. The Morgan fingerprint density at radius 1 is 1.50 bits per heavy atom. The minimum Gasteiger partial charge on any atom is -0.455 e. The van der Waals surface area contributed by atoms with Crippen molar-refractivity contribution in [3.63, 3.8) is 0 Å². The van der Waals surface area contributed by atoms with Crippen LogP contribution in [0.4, 0.5) is 0 Å². The summed E-state index contributed by atoms with van der Waals surface area (Å²) < 4.78 is 11.4. The highest BCUT2D eigenvalue weighted by molar-refractivity contribution is 7.97. The summed E-state index contributed by atoms with van der Waals surface area (Å²) in [6, 6.07) is 3.62. The van der Waals surface area contributed by atoms with Crippen molar-refractivity contribution < 1.29 is 19.1 Å². The Hall–Kier alpha value is -1.02. The van der Waals surface area contributed by atoms with Crippen LogP contribution in [0.15, 0.2) is 16.5 Å². The lowest BCUT2D eigenvalue weighted by Crippen LogP contribution is -2.62. The van der Waals surface area contributed by atoms with Gasteiger partial charge in [0.15, 0.2) is 5.76 Å². The van der Waals surface area contributed by atoms with Gasteiger partial charge < -0.3 is 24.9 Å². The third-order valence-corrected chi connectivity index (χ3v) is 5.89. The highest BCUT2D eigenvalue weighted by Crippen LogP contribution is 2.51. The molecule has 3 rings (SSSR count). The average molecular weight is 354 g/mol. The number of carbonyl (C=O) groups is 1. The Bertz CT molecular complexity index is 569. The van der Waals surface area contributed by atoms with Crippen LogP contribution in [0.3, 0.4) is 0 Å². The Kier molecular flexibility index (Phi) is 5.54. The number of nitrogens with zero attached hydrogens (tertiary/aromatic N) is 1. The minimum atomic E-state index is -0.339. The van der Waals surface area contributed by atoms with Gasteiger partial charge in [0.1, 0.15) is 5.76 Å². The number of likely N-dealkylation sites (tertiary alicyclic amines) is 1. The van der Waals surface area contributed by atoms with Crippen LogP contribution in [0.5, 0.6) is 0 Å². The Balaban J connectivity index is 1.58. The number of hydrogen-bond donors (Lipinski definition) is 2. The number of furan rings is 1. The lowest BCUT2D eigenvalue weighted by molar-refractivity contribution is -0.208. The van der Waals surface area contributed by atoms with E-state index in [1.165, 1.54) is 0 Å². The van der Waals surface area contributed by atoms with E-state index in [-0.39, 0.29) is 23.5 Å². The molecule has 6 nitrogen and oxygen atoms in total. The lowest BCUT2D eigenvalue weighted by Gasteiger charge is -2.56. The van der Waals surface area contributed by atoms with Gasteiger partial charge in [-0.2, -0.15) is 11.8 Å². The molecule has 2 fully saturated rings. The molecule has 24 heavy (non-hydrogen) atoms. The van der Waals surface area contributed by atoms with Crippen molar-refractivity contribution in [3.05, 3.63) is 23.7 Å².